The third-order valence-electron chi connectivity index (χ3n) is 14.2. The first-order valence-corrected chi connectivity index (χ1v) is 30.5. The van der Waals surface area contributed by atoms with Gasteiger partial charge >= 0.3 is 5.97 Å². The summed E-state index contributed by atoms with van der Waals surface area (Å²) in [4.78, 5) is 64.6. The highest BCUT2D eigenvalue weighted by Gasteiger charge is 2.32. The van der Waals surface area contributed by atoms with E-state index in [4.69, 9.17) is 29.2 Å². The van der Waals surface area contributed by atoms with Crippen LogP contribution in [0.5, 0.6) is 5.75 Å². The molecular weight excluding hydrogens is 1200 g/mol. The van der Waals surface area contributed by atoms with Crippen LogP contribution in [0.15, 0.2) is 156 Å². The number of aryl methyl sites for hydroxylation is 2. The van der Waals surface area contributed by atoms with Crippen LogP contribution in [-0.2, 0) is 27.3 Å². The fraction of sp³-hybridized carbons (Fsp3) is 0.269. The molecule has 2 aliphatic heterocycles. The molecule has 2 aliphatic rings. The molecule has 5 aromatic carbocycles. The Labute approximate surface area is 536 Å². The van der Waals surface area contributed by atoms with E-state index in [0.717, 1.165) is 71.0 Å². The Bertz CT molecular complexity index is 4020. The number of hydrazone groups is 1. The van der Waals surface area contributed by atoms with Crippen molar-refractivity contribution < 1.29 is 37.8 Å². The molecule has 0 spiro atoms. The number of para-hydroxylation sites is 1. The number of Topliss-reactive ketones (excluding diaryl/α,β-unsaturated/α-hetero) is 2. The fourth-order valence-corrected chi connectivity index (χ4v) is 11.5. The van der Waals surface area contributed by atoms with Gasteiger partial charge in [0.2, 0.25) is 0 Å². The number of methoxy groups -OCH3 is 1. The second-order valence-electron chi connectivity index (χ2n) is 22.4. The lowest BCUT2D eigenvalue weighted by atomic mass is 10.0. The fourth-order valence-electron chi connectivity index (χ4n) is 9.80. The minimum atomic E-state index is -0.845. The number of esters is 1. The van der Waals surface area contributed by atoms with Gasteiger partial charge in [0.1, 0.15) is 50.8 Å². The number of thioether (sulfide) groups is 1. The minimum absolute atomic E-state index is 0.00685. The number of nitrogens with one attached hydrogen (secondary N) is 2. The van der Waals surface area contributed by atoms with Gasteiger partial charge in [-0.05, 0) is 131 Å². The molecular formula is C67H70F2N12O6S3. The van der Waals surface area contributed by atoms with Gasteiger partial charge in [-0.3, -0.25) is 24.7 Å². The number of rotatable bonds is 17. The summed E-state index contributed by atoms with van der Waals surface area (Å²) in [5, 5.41) is 26.8. The van der Waals surface area contributed by atoms with Crippen molar-refractivity contribution in [1.29, 1.82) is 0 Å². The summed E-state index contributed by atoms with van der Waals surface area (Å²) in [7, 11) is 1.21. The number of benzene rings is 5. The van der Waals surface area contributed by atoms with Crippen molar-refractivity contribution in [3.8, 4) is 11.4 Å². The molecule has 0 radical (unpaired) electrons. The average Bonchev–Trinajstić information content (AvgIpc) is 1.97. The van der Waals surface area contributed by atoms with Crippen molar-refractivity contribution in [2.75, 3.05) is 49.6 Å². The maximum atomic E-state index is 14.1. The smallest absolute Gasteiger partial charge is 0.341 e. The van der Waals surface area contributed by atoms with Gasteiger partial charge in [0, 0.05) is 62.9 Å². The molecule has 3 N–H and O–H groups in total. The number of nitrogens with zero attached hydrogens (tertiary/aromatic N) is 10. The topological polar surface area (TPSA) is 205 Å². The number of aromatic hydroxyl groups is 1. The number of allylic oxidation sites excluding steroid dienone is 2. The van der Waals surface area contributed by atoms with Gasteiger partial charge in [0.05, 0.1) is 48.1 Å². The number of carbonyl (C=O) groups excluding carboxylic acids is 4. The summed E-state index contributed by atoms with van der Waals surface area (Å²) in [6, 6.07) is 34.7. The molecule has 3 aromatic heterocycles. The molecule has 0 unspecified atom stereocenters. The average molecular weight is 1270 g/mol. The molecule has 0 aliphatic carbocycles. The van der Waals surface area contributed by atoms with E-state index in [-0.39, 0.29) is 69.2 Å². The Balaban J connectivity index is 0.000000175. The standard InChI is InChI=1S/C26H25NO4S2.C24H26N6.C17H19F2N5O2S/c1-17(13-19-7-4-3-5-8-19)14-24-25(31)27(26(32)33-24)12-6-9-21(29)15-20-10-11-22(18(2)28)23(30)16-20;1-18-7-9-20(10-8-18)16-30-24-21(15-27-30)23(25-17-26-24)29-13-11-28(12-14-29)22-6-4-3-5-19(22)2;1-17(2,3)22-16(27)23-20-9-14-11(15(25)26-4)8-21-24(14)13-6-5-10(18)7-12(13)19/h3-5,7-8,10-11,13-14,16,30H,6,9,12,15H2,1-2H3;3-10,15,17H,11-14,16H2,1-2H3;5-9H,1-4H3,(H2,22,23,27)/b17-13+,24-14-;;20-9+. The molecule has 2 fully saturated rings. The Hall–Kier alpha value is -9.32. The van der Waals surface area contributed by atoms with E-state index in [0.29, 0.717) is 34.3 Å². The van der Waals surface area contributed by atoms with E-state index in [1.807, 2.05) is 81.1 Å². The summed E-state index contributed by atoms with van der Waals surface area (Å²) in [6.07, 6.45) is 10.8. The summed E-state index contributed by atoms with van der Waals surface area (Å²) in [6.45, 7) is 18.3. The molecule has 90 heavy (non-hydrogen) atoms. The number of hydrogen-bond acceptors (Lipinski definition) is 16. The highest BCUT2D eigenvalue weighted by atomic mass is 32.2. The second kappa shape index (κ2) is 30.7. The number of halogens is 2. The number of carbonyl (C=O) groups is 4. The van der Waals surface area contributed by atoms with Crippen molar-refractivity contribution in [1.82, 2.24) is 45.2 Å². The number of piperazine rings is 1. The lowest BCUT2D eigenvalue weighted by Gasteiger charge is -2.37. The predicted octanol–water partition coefficient (Wildman–Crippen LogP) is 11.7. The SMILES string of the molecule is CC(=O)c1ccc(CC(=O)CCCN2C(=O)/C(=C/C(C)=C/c3ccccc3)SC2=S)cc1O.COC(=O)c1cnn(-c2ccc(F)cc2F)c1/C=N/NC(=S)NC(C)(C)C.Cc1ccc(Cn2ncc3c(N4CCN(c5ccccc5C)CC4)ncnc32)cc1. The van der Waals surface area contributed by atoms with Gasteiger partial charge in [-0.2, -0.15) is 15.3 Å². The van der Waals surface area contributed by atoms with E-state index >= 15 is 0 Å². The van der Waals surface area contributed by atoms with E-state index < -0.39 is 17.6 Å². The maximum Gasteiger partial charge on any atom is 0.341 e. The van der Waals surface area contributed by atoms with Gasteiger partial charge in [0.25, 0.3) is 5.91 Å². The summed E-state index contributed by atoms with van der Waals surface area (Å²) < 4.78 is 35.6. The quantitative estimate of drug-likeness (QED) is 0.0194. The van der Waals surface area contributed by atoms with Crippen LogP contribution in [0.25, 0.3) is 22.8 Å². The third-order valence-corrected chi connectivity index (χ3v) is 15.8. The zero-order valence-corrected chi connectivity index (χ0v) is 53.7. The molecule has 466 valence electrons. The normalized spacial score (nSPS) is 13.9. The second-order valence-corrected chi connectivity index (χ2v) is 24.4. The molecule has 0 saturated carbocycles. The molecule has 8 aromatic rings. The predicted molar refractivity (Wildman–Crippen MR) is 358 cm³/mol. The van der Waals surface area contributed by atoms with E-state index in [9.17, 15) is 33.1 Å². The number of anilines is 2. The highest BCUT2D eigenvalue weighted by Crippen LogP contribution is 2.33. The Morgan fingerprint density at radius 2 is 1.53 bits per heavy atom. The van der Waals surface area contributed by atoms with E-state index in [1.165, 1.54) is 78.8 Å². The van der Waals surface area contributed by atoms with Crippen LogP contribution in [0.4, 0.5) is 20.3 Å². The largest absolute Gasteiger partial charge is 0.507 e. The monoisotopic (exact) mass is 1270 g/mol. The van der Waals surface area contributed by atoms with Crippen LogP contribution in [0.1, 0.15) is 102 Å². The van der Waals surface area contributed by atoms with Crippen LogP contribution in [0.2, 0.25) is 0 Å². The summed E-state index contributed by atoms with van der Waals surface area (Å²) in [5.74, 6) is -1.76. The number of aromatic nitrogens is 6. The van der Waals surface area contributed by atoms with Gasteiger partial charge in [-0.1, -0.05) is 114 Å². The maximum absolute atomic E-state index is 14.1. The number of ether oxygens (including phenoxy) is 1. The summed E-state index contributed by atoms with van der Waals surface area (Å²) >= 11 is 11.8. The third kappa shape index (κ3) is 17.9. The number of fused-ring (bicyclic) bond motifs is 1. The molecule has 5 heterocycles. The van der Waals surface area contributed by atoms with Crippen LogP contribution in [0.3, 0.4) is 0 Å². The summed E-state index contributed by atoms with van der Waals surface area (Å²) in [5.41, 5.74) is 11.4. The van der Waals surface area contributed by atoms with Crippen LogP contribution in [0, 0.1) is 25.5 Å². The number of phenolic OH excluding ortho intramolecular Hbond substituents is 1. The van der Waals surface area contributed by atoms with E-state index in [2.05, 4.69) is 108 Å². The molecule has 18 nitrogen and oxygen atoms in total. The molecule has 0 bridgehead atoms. The van der Waals surface area contributed by atoms with Crippen molar-refractivity contribution >= 4 is 104 Å². The Morgan fingerprint density at radius 1 is 0.833 bits per heavy atom. The van der Waals surface area contributed by atoms with Gasteiger partial charge in [0.15, 0.2) is 22.4 Å². The zero-order valence-electron chi connectivity index (χ0n) is 51.2. The molecule has 2 saturated heterocycles. The molecule has 0 atom stereocenters. The zero-order chi connectivity index (χ0) is 64.6. The molecule has 10 rings (SSSR count). The number of phenols is 1. The first kappa shape index (κ1) is 66.6. The van der Waals surface area contributed by atoms with Crippen molar-refractivity contribution in [2.24, 2.45) is 5.10 Å². The molecule has 23 heteroatoms. The minimum Gasteiger partial charge on any atom is -0.507 e. The van der Waals surface area contributed by atoms with Crippen LogP contribution >= 0.6 is 36.2 Å². The Morgan fingerprint density at radius 3 is 2.21 bits per heavy atom. The van der Waals surface area contributed by atoms with Gasteiger partial charge < -0.3 is 25.0 Å². The molecule has 1 amide bonds. The number of amides is 1. The van der Waals surface area contributed by atoms with E-state index in [1.54, 1.807) is 17.3 Å². The van der Waals surface area contributed by atoms with Crippen LogP contribution in [-0.4, -0.2) is 124 Å². The van der Waals surface area contributed by atoms with Crippen LogP contribution < -0.4 is 20.5 Å². The van der Waals surface area contributed by atoms with Gasteiger partial charge in [-0.15, -0.1) is 0 Å². The van der Waals surface area contributed by atoms with Crippen molar-refractivity contribution in [3.05, 3.63) is 207 Å². The first-order valence-electron chi connectivity index (χ1n) is 28.9. The highest BCUT2D eigenvalue weighted by molar-refractivity contribution is 8.26. The van der Waals surface area contributed by atoms with Crippen molar-refractivity contribution in [3.63, 3.8) is 0 Å². The first-order chi connectivity index (χ1) is 43.0. The Kier molecular flexibility index (Phi) is 22.8. The van der Waals surface area contributed by atoms with Crippen molar-refractivity contribution in [2.45, 2.75) is 79.8 Å². The lowest BCUT2D eigenvalue weighted by molar-refractivity contribution is -0.123. The van der Waals surface area contributed by atoms with Gasteiger partial charge in [-0.25, -0.2) is 32.9 Å². The lowest BCUT2D eigenvalue weighted by Crippen LogP contribution is -2.47. The number of thiocarbonyl (C=S) groups is 2. The number of ketones is 2. The number of hydrogen-bond donors (Lipinski definition) is 3.